The summed E-state index contributed by atoms with van der Waals surface area (Å²) in [6.07, 6.45) is 3.05. The van der Waals surface area contributed by atoms with Crippen LogP contribution in [0.5, 0.6) is 0 Å². The molecule has 0 saturated carbocycles. The Morgan fingerprint density at radius 3 is 2.95 bits per heavy atom. The van der Waals surface area contributed by atoms with Gasteiger partial charge in [-0.15, -0.1) is 0 Å². The van der Waals surface area contributed by atoms with Gasteiger partial charge in [-0.2, -0.15) is 0 Å². The number of nitrogens with one attached hydrogen (secondary N) is 1. The molecule has 8 heteroatoms. The number of nitrogens with zero attached hydrogens (tertiary/aromatic N) is 1. The van der Waals surface area contributed by atoms with Crippen LogP contribution in [0.3, 0.4) is 0 Å². The molecule has 1 N–H and O–H groups in total. The number of amides is 1. The molecule has 0 aliphatic carbocycles. The largest absolute Gasteiger partial charge is 0.378 e. The van der Waals surface area contributed by atoms with Crippen LogP contribution in [-0.4, -0.2) is 23.5 Å². The molecule has 1 aromatic carbocycles. The Balaban J connectivity index is 1.87. The van der Waals surface area contributed by atoms with Gasteiger partial charge in [-0.3, -0.25) is 14.9 Å². The fourth-order valence-electron chi connectivity index (χ4n) is 2.32. The van der Waals surface area contributed by atoms with E-state index in [1.54, 1.807) is 0 Å². The minimum Gasteiger partial charge on any atom is -0.378 e. The molecule has 0 radical (unpaired) electrons. The Labute approximate surface area is 131 Å². The van der Waals surface area contributed by atoms with Crippen molar-refractivity contribution in [1.29, 1.82) is 0 Å². The molecule has 1 fully saturated rings. The molecule has 1 saturated heterocycles. The molecule has 1 amide bonds. The molecule has 1 aliphatic heterocycles. The first-order valence-electron chi connectivity index (χ1n) is 6.98. The summed E-state index contributed by atoms with van der Waals surface area (Å²) in [5, 5.41) is 12.8. The first-order valence-corrected chi connectivity index (χ1v) is 7.36. The zero-order valence-electron chi connectivity index (χ0n) is 11.8. The van der Waals surface area contributed by atoms with E-state index in [4.69, 9.17) is 16.3 Å². The number of benzene rings is 1. The number of hydrogen-bond donors (Lipinski definition) is 1. The van der Waals surface area contributed by atoms with Crippen LogP contribution in [0.2, 0.25) is 5.02 Å². The van der Waals surface area contributed by atoms with Gasteiger partial charge in [0, 0.05) is 25.6 Å². The molecule has 6 nitrogen and oxygen atoms in total. The maximum absolute atomic E-state index is 13.5. The van der Waals surface area contributed by atoms with Gasteiger partial charge in [0.25, 0.3) is 5.69 Å². The number of rotatable bonds is 6. The number of carbonyl (C=O) groups is 1. The number of nitro groups is 1. The molecule has 1 heterocycles. The van der Waals surface area contributed by atoms with Gasteiger partial charge in [0.05, 0.1) is 11.0 Å². The van der Waals surface area contributed by atoms with Crippen LogP contribution in [0.15, 0.2) is 12.1 Å². The summed E-state index contributed by atoms with van der Waals surface area (Å²) < 4.78 is 18.9. The molecule has 2 rings (SSSR count). The van der Waals surface area contributed by atoms with Gasteiger partial charge in [-0.1, -0.05) is 11.6 Å². The highest BCUT2D eigenvalue weighted by molar-refractivity contribution is 6.32. The summed E-state index contributed by atoms with van der Waals surface area (Å²) in [5.41, 5.74) is -0.218. The normalized spacial score (nSPS) is 17.5. The van der Waals surface area contributed by atoms with Gasteiger partial charge in [-0.25, -0.2) is 4.39 Å². The molecule has 1 atom stereocenters. The Morgan fingerprint density at radius 2 is 2.32 bits per heavy atom. The highest BCUT2D eigenvalue weighted by atomic mass is 35.5. The van der Waals surface area contributed by atoms with Gasteiger partial charge < -0.3 is 10.1 Å². The van der Waals surface area contributed by atoms with Crippen molar-refractivity contribution in [3.63, 3.8) is 0 Å². The lowest BCUT2D eigenvalue weighted by Gasteiger charge is -2.09. The van der Waals surface area contributed by atoms with Gasteiger partial charge in [0.15, 0.2) is 5.02 Å². The number of halogens is 2. The van der Waals surface area contributed by atoms with E-state index in [1.165, 1.54) is 0 Å². The summed E-state index contributed by atoms with van der Waals surface area (Å²) in [6.45, 7) is 0.749. The van der Waals surface area contributed by atoms with Crippen molar-refractivity contribution in [2.45, 2.75) is 38.3 Å². The second-order valence-electron chi connectivity index (χ2n) is 5.12. The molecule has 1 unspecified atom stereocenters. The molecular formula is C14H16ClFN2O4. The first-order chi connectivity index (χ1) is 10.5. The lowest BCUT2D eigenvalue weighted by Crippen LogP contribution is -2.24. The molecule has 0 aromatic heterocycles. The smallest absolute Gasteiger partial charge is 0.291 e. The van der Waals surface area contributed by atoms with E-state index in [1.807, 2.05) is 0 Å². The number of hydrogen-bond acceptors (Lipinski definition) is 4. The predicted octanol–water partition coefficient (Wildman–Crippen LogP) is 2.96. The molecule has 120 valence electrons. The average Bonchev–Trinajstić information content (AvgIpc) is 2.99. The average molecular weight is 331 g/mol. The van der Waals surface area contributed by atoms with Crippen molar-refractivity contribution >= 4 is 23.2 Å². The Kier molecular flexibility index (Phi) is 5.68. The fraction of sp³-hybridized carbons (Fsp3) is 0.500. The SMILES string of the molecule is O=C(CCC1CCCO1)NCc1cc(F)c(Cl)c([N+](=O)[O-])c1. The molecule has 1 aliphatic rings. The lowest BCUT2D eigenvalue weighted by molar-refractivity contribution is -0.384. The Hall–Kier alpha value is -1.73. The van der Waals surface area contributed by atoms with E-state index >= 15 is 0 Å². The zero-order valence-corrected chi connectivity index (χ0v) is 12.6. The van der Waals surface area contributed by atoms with E-state index in [9.17, 15) is 19.3 Å². The van der Waals surface area contributed by atoms with Gasteiger partial charge in [0.1, 0.15) is 5.82 Å². The van der Waals surface area contributed by atoms with Crippen molar-refractivity contribution in [3.05, 3.63) is 38.7 Å². The van der Waals surface area contributed by atoms with E-state index in [2.05, 4.69) is 5.32 Å². The minimum atomic E-state index is -0.875. The van der Waals surface area contributed by atoms with E-state index < -0.39 is 21.5 Å². The van der Waals surface area contributed by atoms with Crippen LogP contribution in [0.25, 0.3) is 0 Å². The summed E-state index contributed by atoms with van der Waals surface area (Å²) in [7, 11) is 0. The summed E-state index contributed by atoms with van der Waals surface area (Å²) >= 11 is 5.53. The van der Waals surface area contributed by atoms with E-state index in [0.717, 1.165) is 31.6 Å². The number of carbonyl (C=O) groups excluding carboxylic acids is 1. The summed E-state index contributed by atoms with van der Waals surface area (Å²) in [6, 6.07) is 2.24. The molecule has 22 heavy (non-hydrogen) atoms. The zero-order chi connectivity index (χ0) is 16.1. The predicted molar refractivity (Wildman–Crippen MR) is 78.1 cm³/mol. The molecule has 0 spiro atoms. The Bertz CT molecular complexity index is 576. The van der Waals surface area contributed by atoms with Gasteiger partial charge in [-0.05, 0) is 30.9 Å². The van der Waals surface area contributed by atoms with Crippen LogP contribution in [0, 0.1) is 15.9 Å². The quantitative estimate of drug-likeness (QED) is 0.642. The number of nitro benzene ring substituents is 1. The summed E-state index contributed by atoms with van der Waals surface area (Å²) in [4.78, 5) is 21.7. The van der Waals surface area contributed by atoms with Crippen LogP contribution >= 0.6 is 11.6 Å². The van der Waals surface area contributed by atoms with Crippen molar-refractivity contribution in [2.24, 2.45) is 0 Å². The van der Waals surface area contributed by atoms with Gasteiger partial charge >= 0.3 is 0 Å². The molecule has 0 bridgehead atoms. The topological polar surface area (TPSA) is 81.5 Å². The van der Waals surface area contributed by atoms with Crippen molar-refractivity contribution < 1.29 is 18.8 Å². The van der Waals surface area contributed by atoms with Crippen molar-refractivity contribution in [3.8, 4) is 0 Å². The summed E-state index contributed by atoms with van der Waals surface area (Å²) in [5.74, 6) is -1.08. The van der Waals surface area contributed by atoms with Crippen LogP contribution < -0.4 is 5.32 Å². The fourth-order valence-corrected chi connectivity index (χ4v) is 2.50. The third-order valence-corrected chi connectivity index (χ3v) is 3.85. The Morgan fingerprint density at radius 1 is 1.55 bits per heavy atom. The van der Waals surface area contributed by atoms with Crippen molar-refractivity contribution in [2.75, 3.05) is 6.61 Å². The maximum Gasteiger partial charge on any atom is 0.291 e. The second kappa shape index (κ2) is 7.51. The van der Waals surface area contributed by atoms with Crippen LogP contribution in [0.1, 0.15) is 31.2 Å². The highest BCUT2D eigenvalue weighted by Crippen LogP contribution is 2.28. The standard InChI is InChI=1S/C14H16ClFN2O4/c15-14-11(16)6-9(7-12(14)18(20)21)8-17-13(19)4-3-10-2-1-5-22-10/h6-7,10H,1-5,8H2,(H,17,19). The van der Waals surface area contributed by atoms with Crippen LogP contribution in [0.4, 0.5) is 10.1 Å². The highest BCUT2D eigenvalue weighted by Gasteiger charge is 2.19. The minimum absolute atomic E-state index is 0.0132. The maximum atomic E-state index is 13.5. The molecule has 1 aromatic rings. The third-order valence-electron chi connectivity index (χ3n) is 3.47. The molecular weight excluding hydrogens is 315 g/mol. The first kappa shape index (κ1) is 16.6. The number of ether oxygens (including phenoxy) is 1. The van der Waals surface area contributed by atoms with E-state index in [0.29, 0.717) is 18.4 Å². The van der Waals surface area contributed by atoms with Crippen LogP contribution in [-0.2, 0) is 16.1 Å². The second-order valence-corrected chi connectivity index (χ2v) is 5.50. The lowest BCUT2D eigenvalue weighted by atomic mass is 10.1. The third kappa shape index (κ3) is 4.38. The van der Waals surface area contributed by atoms with Crippen molar-refractivity contribution in [1.82, 2.24) is 5.32 Å². The van der Waals surface area contributed by atoms with Gasteiger partial charge in [0.2, 0.25) is 5.91 Å². The monoisotopic (exact) mass is 330 g/mol. The van der Waals surface area contributed by atoms with E-state index in [-0.39, 0.29) is 18.6 Å².